The van der Waals surface area contributed by atoms with Crippen LogP contribution in [0.2, 0.25) is 0 Å². The van der Waals surface area contributed by atoms with E-state index in [9.17, 15) is 0 Å². The predicted molar refractivity (Wildman–Crippen MR) is 73.6 cm³/mol. The monoisotopic (exact) mass is 260 g/mol. The molecule has 2 heterocycles. The summed E-state index contributed by atoms with van der Waals surface area (Å²) in [5.74, 6) is 1.12. The second-order valence-electron chi connectivity index (χ2n) is 4.94. The summed E-state index contributed by atoms with van der Waals surface area (Å²) < 4.78 is 5.24. The maximum Gasteiger partial charge on any atom is 0.228 e. The Bertz CT molecular complexity index is 550. The van der Waals surface area contributed by atoms with Crippen LogP contribution in [0.1, 0.15) is 36.8 Å². The van der Waals surface area contributed by atoms with Gasteiger partial charge in [0.1, 0.15) is 5.69 Å². The van der Waals surface area contributed by atoms with Gasteiger partial charge in [0.15, 0.2) is 0 Å². The van der Waals surface area contributed by atoms with Crippen molar-refractivity contribution in [1.29, 1.82) is 0 Å². The molecule has 5 heteroatoms. The molecule has 2 aromatic rings. The maximum absolute atomic E-state index is 5.97. The number of hydrogen-bond donors (Lipinski definition) is 1. The molecule has 0 aliphatic rings. The average molecular weight is 260 g/mol. The van der Waals surface area contributed by atoms with E-state index in [1.807, 2.05) is 13.8 Å². The van der Waals surface area contributed by atoms with Crippen LogP contribution >= 0.6 is 0 Å². The first kappa shape index (κ1) is 13.7. The highest BCUT2D eigenvalue weighted by atomic mass is 16.5. The molecule has 0 saturated carbocycles. The smallest absolute Gasteiger partial charge is 0.228 e. The van der Waals surface area contributed by atoms with Crippen LogP contribution in [0.15, 0.2) is 16.8 Å². The van der Waals surface area contributed by atoms with Crippen molar-refractivity contribution in [3.8, 4) is 11.5 Å². The van der Waals surface area contributed by atoms with Gasteiger partial charge in [0, 0.05) is 18.7 Å². The van der Waals surface area contributed by atoms with Crippen molar-refractivity contribution in [2.45, 2.75) is 46.1 Å². The van der Waals surface area contributed by atoms with E-state index in [4.69, 9.17) is 10.3 Å². The molecule has 1 atom stereocenters. The van der Waals surface area contributed by atoms with Crippen molar-refractivity contribution in [1.82, 2.24) is 15.1 Å². The zero-order valence-electron chi connectivity index (χ0n) is 11.7. The summed E-state index contributed by atoms with van der Waals surface area (Å²) in [6, 6.07) is 2.13. The van der Waals surface area contributed by atoms with Crippen LogP contribution in [-0.4, -0.2) is 21.2 Å². The highest BCUT2D eigenvalue weighted by Gasteiger charge is 2.14. The van der Waals surface area contributed by atoms with E-state index in [1.54, 1.807) is 6.20 Å². The minimum Gasteiger partial charge on any atom is -0.339 e. The Labute approximate surface area is 113 Å². The predicted octanol–water partition coefficient (Wildman–Crippen LogP) is 2.42. The number of pyridine rings is 1. The summed E-state index contributed by atoms with van der Waals surface area (Å²) in [5.41, 5.74) is 8.91. The summed E-state index contributed by atoms with van der Waals surface area (Å²) in [6.07, 6.45) is 4.44. The molecule has 0 aliphatic carbocycles. The second-order valence-corrected chi connectivity index (χ2v) is 4.94. The van der Waals surface area contributed by atoms with E-state index in [2.05, 4.69) is 28.1 Å². The number of aryl methyl sites for hydroxylation is 2. The largest absolute Gasteiger partial charge is 0.339 e. The molecule has 0 radical (unpaired) electrons. The van der Waals surface area contributed by atoms with Crippen LogP contribution in [0.3, 0.4) is 0 Å². The van der Waals surface area contributed by atoms with E-state index in [-0.39, 0.29) is 6.04 Å². The quantitative estimate of drug-likeness (QED) is 0.893. The third-order valence-electron chi connectivity index (χ3n) is 2.99. The molecule has 0 aliphatic heterocycles. The van der Waals surface area contributed by atoms with Crippen LogP contribution in [-0.2, 0) is 6.42 Å². The first-order valence-electron chi connectivity index (χ1n) is 6.62. The van der Waals surface area contributed by atoms with E-state index >= 15 is 0 Å². The van der Waals surface area contributed by atoms with Gasteiger partial charge in [-0.05, 0) is 31.4 Å². The lowest BCUT2D eigenvalue weighted by molar-refractivity contribution is 0.366. The third kappa shape index (κ3) is 3.38. The van der Waals surface area contributed by atoms with E-state index < -0.39 is 0 Å². The summed E-state index contributed by atoms with van der Waals surface area (Å²) in [5, 5.41) is 3.99. The van der Waals surface area contributed by atoms with Crippen molar-refractivity contribution in [2.24, 2.45) is 5.73 Å². The third-order valence-corrected chi connectivity index (χ3v) is 2.99. The van der Waals surface area contributed by atoms with E-state index in [0.29, 0.717) is 18.1 Å². The van der Waals surface area contributed by atoms with Crippen LogP contribution in [0.25, 0.3) is 11.5 Å². The first-order chi connectivity index (χ1) is 9.10. The van der Waals surface area contributed by atoms with Crippen LogP contribution in [0.4, 0.5) is 0 Å². The number of rotatable bonds is 5. The minimum atomic E-state index is 0.0744. The highest BCUT2D eigenvalue weighted by Crippen LogP contribution is 2.18. The summed E-state index contributed by atoms with van der Waals surface area (Å²) in [7, 11) is 0. The van der Waals surface area contributed by atoms with Gasteiger partial charge in [-0.3, -0.25) is 4.98 Å². The lowest BCUT2D eigenvalue weighted by Crippen LogP contribution is -2.22. The Balaban J connectivity index is 2.16. The zero-order chi connectivity index (χ0) is 13.8. The normalized spacial score (nSPS) is 12.6. The fourth-order valence-corrected chi connectivity index (χ4v) is 2.08. The molecule has 102 valence electrons. The van der Waals surface area contributed by atoms with Gasteiger partial charge in [-0.2, -0.15) is 4.98 Å². The molecule has 0 bridgehead atoms. The van der Waals surface area contributed by atoms with Gasteiger partial charge in [-0.1, -0.05) is 24.6 Å². The Morgan fingerprint density at radius 1 is 1.37 bits per heavy atom. The van der Waals surface area contributed by atoms with Crippen LogP contribution in [0.5, 0.6) is 0 Å². The average Bonchev–Trinajstić information content (AvgIpc) is 2.77. The number of nitrogens with zero attached hydrogens (tertiary/aromatic N) is 3. The van der Waals surface area contributed by atoms with E-state index in [1.165, 1.54) is 0 Å². The Hall–Kier alpha value is -1.75. The molecular formula is C14H20N4O. The van der Waals surface area contributed by atoms with Gasteiger partial charge < -0.3 is 10.3 Å². The standard InChI is InChI=1S/C14H20N4O/c1-4-5-11(15)7-12-17-14(18-19-12)13-10(3)6-9(2)8-16-13/h6,8,11H,4-5,7,15H2,1-3H3. The number of aromatic nitrogens is 3. The molecule has 1 unspecified atom stereocenters. The molecule has 0 spiro atoms. The van der Waals surface area contributed by atoms with Crippen molar-refractivity contribution in [3.63, 3.8) is 0 Å². The zero-order valence-corrected chi connectivity index (χ0v) is 11.7. The number of hydrogen-bond acceptors (Lipinski definition) is 5. The van der Waals surface area contributed by atoms with Crippen molar-refractivity contribution in [2.75, 3.05) is 0 Å². The molecule has 2 N–H and O–H groups in total. The fraction of sp³-hybridized carbons (Fsp3) is 0.500. The maximum atomic E-state index is 5.97. The van der Waals surface area contributed by atoms with Gasteiger partial charge in [-0.15, -0.1) is 0 Å². The molecule has 0 saturated heterocycles. The van der Waals surface area contributed by atoms with Crippen molar-refractivity contribution >= 4 is 0 Å². The van der Waals surface area contributed by atoms with Gasteiger partial charge in [0.25, 0.3) is 0 Å². The molecule has 0 amide bonds. The molecule has 0 fully saturated rings. The number of nitrogens with two attached hydrogens (primary N) is 1. The highest BCUT2D eigenvalue weighted by molar-refractivity contribution is 5.53. The summed E-state index contributed by atoms with van der Waals surface area (Å²) >= 11 is 0. The Kier molecular flexibility index (Phi) is 4.27. The lowest BCUT2D eigenvalue weighted by Gasteiger charge is -2.05. The Morgan fingerprint density at radius 2 is 2.16 bits per heavy atom. The van der Waals surface area contributed by atoms with Gasteiger partial charge >= 0.3 is 0 Å². The van der Waals surface area contributed by atoms with Gasteiger partial charge in [0.05, 0.1) is 0 Å². The summed E-state index contributed by atoms with van der Waals surface area (Å²) in [6.45, 7) is 6.11. The van der Waals surface area contributed by atoms with Crippen molar-refractivity contribution in [3.05, 3.63) is 29.3 Å². The van der Waals surface area contributed by atoms with Gasteiger partial charge in [-0.25, -0.2) is 0 Å². The molecule has 2 rings (SSSR count). The lowest BCUT2D eigenvalue weighted by atomic mass is 10.1. The second kappa shape index (κ2) is 5.93. The minimum absolute atomic E-state index is 0.0744. The molecule has 0 aromatic carbocycles. The molecule has 19 heavy (non-hydrogen) atoms. The van der Waals surface area contributed by atoms with Crippen molar-refractivity contribution < 1.29 is 4.52 Å². The van der Waals surface area contributed by atoms with Crippen LogP contribution in [0, 0.1) is 13.8 Å². The molecule has 5 nitrogen and oxygen atoms in total. The van der Waals surface area contributed by atoms with Crippen LogP contribution < -0.4 is 5.73 Å². The molecule has 2 aromatic heterocycles. The SMILES string of the molecule is CCCC(N)Cc1nc(-c2ncc(C)cc2C)no1. The summed E-state index contributed by atoms with van der Waals surface area (Å²) in [4.78, 5) is 8.73. The van der Waals surface area contributed by atoms with Gasteiger partial charge in [0.2, 0.25) is 11.7 Å². The molecular weight excluding hydrogens is 240 g/mol. The topological polar surface area (TPSA) is 77.8 Å². The van der Waals surface area contributed by atoms with E-state index in [0.717, 1.165) is 29.7 Å². The fourth-order valence-electron chi connectivity index (χ4n) is 2.08. The first-order valence-corrected chi connectivity index (χ1v) is 6.62. The Morgan fingerprint density at radius 3 is 2.84 bits per heavy atom.